The van der Waals surface area contributed by atoms with Gasteiger partial charge >= 0.3 is 0 Å². The molecular weight excluding hydrogens is 204 g/mol. The lowest BCUT2D eigenvalue weighted by Gasteiger charge is -2.20. The van der Waals surface area contributed by atoms with Gasteiger partial charge in [0.15, 0.2) is 5.78 Å². The van der Waals surface area contributed by atoms with Crippen LogP contribution in [0.15, 0.2) is 6.07 Å². The number of nitrogens with zero attached hydrogens (tertiary/aromatic N) is 2. The maximum atomic E-state index is 12.2. The molecule has 0 bridgehead atoms. The van der Waals surface area contributed by atoms with Crippen LogP contribution in [0.3, 0.4) is 0 Å². The van der Waals surface area contributed by atoms with Crippen LogP contribution >= 0.6 is 0 Å². The Morgan fingerprint density at radius 3 is 2.81 bits per heavy atom. The molecule has 0 unspecified atom stereocenters. The molecule has 1 fully saturated rings. The molecule has 88 valence electrons. The fourth-order valence-corrected chi connectivity index (χ4v) is 2.10. The van der Waals surface area contributed by atoms with E-state index in [9.17, 15) is 4.79 Å². The van der Waals surface area contributed by atoms with E-state index >= 15 is 0 Å². The smallest absolute Gasteiger partial charge is 0.184 e. The number of aryl methyl sites for hydroxylation is 2. The summed E-state index contributed by atoms with van der Waals surface area (Å²) in [5.41, 5.74) is 1.72. The predicted molar refractivity (Wildman–Crippen MR) is 60.5 cm³/mol. The normalized spacial score (nSPS) is 17.6. The minimum absolute atomic E-state index is 0.119. The molecule has 0 atom stereocenters. The zero-order chi connectivity index (χ0) is 11.5. The fourth-order valence-electron chi connectivity index (χ4n) is 2.10. The molecule has 1 saturated heterocycles. The molecule has 0 aliphatic carbocycles. The molecule has 0 aromatic carbocycles. The van der Waals surface area contributed by atoms with Crippen molar-refractivity contribution in [3.05, 3.63) is 17.5 Å². The van der Waals surface area contributed by atoms with Crippen LogP contribution in [0.1, 0.15) is 35.9 Å². The molecule has 0 amide bonds. The zero-order valence-corrected chi connectivity index (χ0v) is 9.90. The van der Waals surface area contributed by atoms with Gasteiger partial charge in [0, 0.05) is 26.2 Å². The summed E-state index contributed by atoms with van der Waals surface area (Å²) < 4.78 is 6.97. The molecule has 4 heteroatoms. The van der Waals surface area contributed by atoms with Crippen LogP contribution in [0.2, 0.25) is 0 Å². The van der Waals surface area contributed by atoms with Crippen LogP contribution in [0.5, 0.6) is 0 Å². The monoisotopic (exact) mass is 222 g/mol. The summed E-state index contributed by atoms with van der Waals surface area (Å²) in [5.74, 6) is 0.340. The van der Waals surface area contributed by atoms with E-state index in [-0.39, 0.29) is 11.7 Å². The van der Waals surface area contributed by atoms with E-state index in [1.165, 1.54) is 0 Å². The van der Waals surface area contributed by atoms with Gasteiger partial charge in [0.1, 0.15) is 5.69 Å². The minimum Gasteiger partial charge on any atom is -0.381 e. The van der Waals surface area contributed by atoms with Gasteiger partial charge < -0.3 is 4.74 Å². The summed E-state index contributed by atoms with van der Waals surface area (Å²) in [6, 6.07) is 1.91. The molecular formula is C12H18N2O2. The van der Waals surface area contributed by atoms with Gasteiger partial charge in [-0.2, -0.15) is 5.10 Å². The van der Waals surface area contributed by atoms with E-state index in [0.717, 1.165) is 30.7 Å². The van der Waals surface area contributed by atoms with Crippen LogP contribution in [-0.4, -0.2) is 28.8 Å². The first-order valence-corrected chi connectivity index (χ1v) is 5.87. The number of carbonyl (C=O) groups excluding carboxylic acids is 1. The maximum absolute atomic E-state index is 12.2. The Bertz CT molecular complexity index is 378. The number of hydrogen-bond acceptors (Lipinski definition) is 3. The van der Waals surface area contributed by atoms with Gasteiger partial charge in [-0.05, 0) is 25.3 Å². The summed E-state index contributed by atoms with van der Waals surface area (Å²) >= 11 is 0. The van der Waals surface area contributed by atoms with E-state index in [4.69, 9.17) is 4.74 Å². The predicted octanol–water partition coefficient (Wildman–Crippen LogP) is 1.59. The number of rotatable bonds is 3. The molecule has 4 nitrogen and oxygen atoms in total. The lowest BCUT2D eigenvalue weighted by molar-refractivity contribution is 0.0539. The first kappa shape index (κ1) is 11.3. The van der Waals surface area contributed by atoms with Crippen molar-refractivity contribution in [1.82, 2.24) is 9.78 Å². The number of carbonyl (C=O) groups is 1. The van der Waals surface area contributed by atoms with Crippen LogP contribution in [0, 0.1) is 5.92 Å². The van der Waals surface area contributed by atoms with Gasteiger partial charge in [0.2, 0.25) is 0 Å². The quantitative estimate of drug-likeness (QED) is 0.729. The molecule has 0 spiro atoms. The second-order valence-corrected chi connectivity index (χ2v) is 4.25. The summed E-state index contributed by atoms with van der Waals surface area (Å²) in [6.45, 7) is 3.45. The molecule has 1 aromatic heterocycles. The van der Waals surface area contributed by atoms with Gasteiger partial charge in [0.05, 0.1) is 5.69 Å². The topological polar surface area (TPSA) is 44.1 Å². The lowest BCUT2D eigenvalue weighted by atomic mass is 9.93. The molecule has 2 rings (SSSR count). The number of aromatic nitrogens is 2. The van der Waals surface area contributed by atoms with Gasteiger partial charge in [-0.1, -0.05) is 6.92 Å². The largest absolute Gasteiger partial charge is 0.381 e. The second kappa shape index (κ2) is 4.78. The Morgan fingerprint density at radius 2 is 2.25 bits per heavy atom. The van der Waals surface area contributed by atoms with E-state index in [2.05, 4.69) is 5.10 Å². The van der Waals surface area contributed by atoms with Gasteiger partial charge in [-0.3, -0.25) is 9.48 Å². The van der Waals surface area contributed by atoms with E-state index in [1.807, 2.05) is 20.0 Å². The fraction of sp³-hybridized carbons (Fsp3) is 0.667. The summed E-state index contributed by atoms with van der Waals surface area (Å²) in [4.78, 5) is 12.2. The standard InChI is InChI=1S/C12H18N2O2/c1-3-10-8-11(14(2)13-10)12(15)9-4-6-16-7-5-9/h8-9H,3-7H2,1-2H3. The van der Waals surface area contributed by atoms with Crippen molar-refractivity contribution in [2.24, 2.45) is 13.0 Å². The van der Waals surface area contributed by atoms with Crippen molar-refractivity contribution in [3.8, 4) is 0 Å². The second-order valence-electron chi connectivity index (χ2n) is 4.25. The van der Waals surface area contributed by atoms with E-state index < -0.39 is 0 Å². The van der Waals surface area contributed by atoms with Crippen molar-refractivity contribution in [3.63, 3.8) is 0 Å². The van der Waals surface area contributed by atoms with Gasteiger partial charge in [-0.25, -0.2) is 0 Å². The summed E-state index contributed by atoms with van der Waals surface area (Å²) in [5, 5.41) is 4.31. The zero-order valence-electron chi connectivity index (χ0n) is 9.90. The molecule has 0 N–H and O–H groups in total. The summed E-state index contributed by atoms with van der Waals surface area (Å²) in [6.07, 6.45) is 2.55. The van der Waals surface area contributed by atoms with Gasteiger partial charge in [0.25, 0.3) is 0 Å². The Hall–Kier alpha value is -1.16. The SMILES string of the molecule is CCc1cc(C(=O)C2CCOCC2)n(C)n1. The first-order chi connectivity index (χ1) is 7.72. The molecule has 16 heavy (non-hydrogen) atoms. The van der Waals surface area contributed by atoms with Crippen LogP contribution in [0.25, 0.3) is 0 Å². The average Bonchev–Trinajstić information content (AvgIpc) is 2.71. The third kappa shape index (κ3) is 2.16. The number of Topliss-reactive ketones (excluding diaryl/α,β-unsaturated/α-hetero) is 1. The Morgan fingerprint density at radius 1 is 1.56 bits per heavy atom. The van der Waals surface area contributed by atoms with Crippen molar-refractivity contribution >= 4 is 5.78 Å². The van der Waals surface area contributed by atoms with Crippen molar-refractivity contribution in [2.45, 2.75) is 26.2 Å². The first-order valence-electron chi connectivity index (χ1n) is 5.87. The minimum atomic E-state index is 0.119. The van der Waals surface area contributed by atoms with E-state index in [1.54, 1.807) is 4.68 Å². The Balaban J connectivity index is 2.15. The number of hydrogen-bond donors (Lipinski definition) is 0. The maximum Gasteiger partial charge on any atom is 0.184 e. The van der Waals surface area contributed by atoms with Crippen molar-refractivity contribution in [1.29, 1.82) is 0 Å². The third-order valence-corrected chi connectivity index (χ3v) is 3.14. The molecule has 2 heterocycles. The summed E-state index contributed by atoms with van der Waals surface area (Å²) in [7, 11) is 1.84. The van der Waals surface area contributed by atoms with E-state index in [0.29, 0.717) is 13.2 Å². The van der Waals surface area contributed by atoms with Gasteiger partial charge in [-0.15, -0.1) is 0 Å². The molecule has 1 aliphatic heterocycles. The highest BCUT2D eigenvalue weighted by Gasteiger charge is 2.25. The van der Waals surface area contributed by atoms with Crippen molar-refractivity contribution in [2.75, 3.05) is 13.2 Å². The Labute approximate surface area is 95.6 Å². The molecule has 0 saturated carbocycles. The highest BCUT2D eigenvalue weighted by atomic mass is 16.5. The average molecular weight is 222 g/mol. The van der Waals surface area contributed by atoms with Crippen molar-refractivity contribution < 1.29 is 9.53 Å². The number of ketones is 1. The number of ether oxygens (including phenoxy) is 1. The lowest BCUT2D eigenvalue weighted by Crippen LogP contribution is -2.25. The Kier molecular flexibility index (Phi) is 3.39. The van der Waals surface area contributed by atoms with Crippen LogP contribution in [-0.2, 0) is 18.2 Å². The highest BCUT2D eigenvalue weighted by Crippen LogP contribution is 2.20. The third-order valence-electron chi connectivity index (χ3n) is 3.14. The van der Waals surface area contributed by atoms with Crippen LogP contribution < -0.4 is 0 Å². The molecule has 1 aromatic rings. The highest BCUT2D eigenvalue weighted by molar-refractivity contribution is 5.96. The molecule has 1 aliphatic rings. The molecule has 0 radical (unpaired) electrons. The van der Waals surface area contributed by atoms with Crippen LogP contribution in [0.4, 0.5) is 0 Å².